The minimum atomic E-state index is -0.523. The van der Waals surface area contributed by atoms with Crippen LogP contribution < -0.4 is 9.47 Å². The molecule has 0 aliphatic carbocycles. The zero-order chi connectivity index (χ0) is 20.6. The van der Waals surface area contributed by atoms with Gasteiger partial charge in [0.1, 0.15) is 11.5 Å². The molecule has 0 radical (unpaired) electrons. The lowest BCUT2D eigenvalue weighted by Crippen LogP contribution is -2.17. The lowest BCUT2D eigenvalue weighted by atomic mass is 10.0. The number of hydrogen-bond acceptors (Lipinski definition) is 5. The van der Waals surface area contributed by atoms with Gasteiger partial charge in [-0.25, -0.2) is 4.79 Å². The van der Waals surface area contributed by atoms with Crippen molar-refractivity contribution in [2.75, 3.05) is 6.61 Å². The number of esters is 1. The molecule has 0 saturated carbocycles. The van der Waals surface area contributed by atoms with Crippen molar-refractivity contribution in [2.24, 2.45) is 0 Å². The average Bonchev–Trinajstić information content (AvgIpc) is 2.78. The fraction of sp³-hybridized carbons (Fsp3) is 0.125. The van der Waals surface area contributed by atoms with Gasteiger partial charge in [-0.05, 0) is 59.7 Å². The van der Waals surface area contributed by atoms with Crippen LogP contribution in [-0.2, 0) is 4.79 Å². The molecule has 0 saturated heterocycles. The van der Waals surface area contributed by atoms with Crippen molar-refractivity contribution in [3.05, 3.63) is 83.9 Å². The zero-order valence-corrected chi connectivity index (χ0v) is 15.9. The number of carbonyl (C=O) groups excluding carboxylic acids is 2. The Hall–Kier alpha value is -3.91. The Bertz CT molecular complexity index is 1030. The topological polar surface area (TPSA) is 76.4 Å². The number of ether oxygens (including phenoxy) is 2. The van der Waals surface area contributed by atoms with Crippen LogP contribution in [0.4, 0.5) is 0 Å². The van der Waals surface area contributed by atoms with Gasteiger partial charge in [0.15, 0.2) is 12.4 Å². The van der Waals surface area contributed by atoms with Crippen LogP contribution in [-0.4, -0.2) is 18.4 Å². The van der Waals surface area contributed by atoms with Crippen molar-refractivity contribution in [2.45, 2.75) is 13.3 Å². The highest BCUT2D eigenvalue weighted by Gasteiger charge is 2.08. The molecule has 3 aromatic rings. The van der Waals surface area contributed by atoms with Crippen molar-refractivity contribution in [1.29, 1.82) is 5.26 Å². The van der Waals surface area contributed by atoms with E-state index in [9.17, 15) is 9.59 Å². The molecule has 144 valence electrons. The lowest BCUT2D eigenvalue weighted by molar-refractivity contribution is -0.136. The maximum atomic E-state index is 12.0. The fourth-order valence-electron chi connectivity index (χ4n) is 2.70. The van der Waals surface area contributed by atoms with E-state index in [0.29, 0.717) is 29.0 Å². The quantitative estimate of drug-likeness (QED) is 0.332. The molecule has 29 heavy (non-hydrogen) atoms. The SMILES string of the molecule is CCC(=O)c1ccc(OCC(=O)Oc2ccc(-c3ccc(C#N)cc3)cc2)cc1. The predicted molar refractivity (Wildman–Crippen MR) is 109 cm³/mol. The summed E-state index contributed by atoms with van der Waals surface area (Å²) in [6.45, 7) is 1.57. The minimum Gasteiger partial charge on any atom is -0.482 e. The van der Waals surface area contributed by atoms with Crippen LogP contribution in [0.15, 0.2) is 72.8 Å². The summed E-state index contributed by atoms with van der Waals surface area (Å²) in [7, 11) is 0. The molecule has 0 atom stereocenters. The van der Waals surface area contributed by atoms with E-state index in [0.717, 1.165) is 11.1 Å². The first-order chi connectivity index (χ1) is 14.1. The third-order valence-electron chi connectivity index (χ3n) is 4.29. The molecular formula is C24H19NO4. The van der Waals surface area contributed by atoms with Crippen LogP contribution in [0.2, 0.25) is 0 Å². The van der Waals surface area contributed by atoms with E-state index in [1.807, 2.05) is 24.3 Å². The van der Waals surface area contributed by atoms with Gasteiger partial charge in [0.05, 0.1) is 11.6 Å². The number of hydrogen-bond donors (Lipinski definition) is 0. The molecule has 0 bridgehead atoms. The summed E-state index contributed by atoms with van der Waals surface area (Å²) in [6.07, 6.45) is 0.441. The molecule has 0 unspecified atom stereocenters. The van der Waals surface area contributed by atoms with Crippen LogP contribution in [0.1, 0.15) is 29.3 Å². The van der Waals surface area contributed by atoms with Crippen molar-refractivity contribution < 1.29 is 19.1 Å². The Morgan fingerprint density at radius 2 is 1.38 bits per heavy atom. The van der Waals surface area contributed by atoms with Gasteiger partial charge in [0, 0.05) is 12.0 Å². The average molecular weight is 385 g/mol. The third-order valence-corrected chi connectivity index (χ3v) is 4.29. The summed E-state index contributed by atoms with van der Waals surface area (Å²) in [4.78, 5) is 23.6. The van der Waals surface area contributed by atoms with Crippen molar-refractivity contribution in [3.8, 4) is 28.7 Å². The number of nitrogens with zero attached hydrogens (tertiary/aromatic N) is 1. The molecule has 0 N–H and O–H groups in total. The third kappa shape index (κ3) is 5.30. The van der Waals surface area contributed by atoms with Gasteiger partial charge in [0.25, 0.3) is 0 Å². The summed E-state index contributed by atoms with van der Waals surface area (Å²) in [6, 6.07) is 23.1. The van der Waals surface area contributed by atoms with Crippen molar-refractivity contribution >= 4 is 11.8 Å². The van der Waals surface area contributed by atoms with Gasteiger partial charge >= 0.3 is 5.97 Å². The monoisotopic (exact) mass is 385 g/mol. The number of Topliss-reactive ketones (excluding diaryl/α,β-unsaturated/α-hetero) is 1. The van der Waals surface area contributed by atoms with Crippen LogP contribution in [0.25, 0.3) is 11.1 Å². The molecule has 3 rings (SSSR count). The number of carbonyl (C=O) groups is 2. The minimum absolute atomic E-state index is 0.0559. The molecule has 3 aromatic carbocycles. The standard InChI is InChI=1S/C24H19NO4/c1-2-23(26)20-9-11-21(12-10-20)28-16-24(27)29-22-13-7-19(8-14-22)18-5-3-17(15-25)4-6-18/h3-14H,2,16H2,1H3. The molecule has 0 aromatic heterocycles. The molecule has 5 heteroatoms. The van der Waals surface area contributed by atoms with E-state index in [1.54, 1.807) is 55.5 Å². The molecule has 0 spiro atoms. The van der Waals surface area contributed by atoms with Crippen molar-refractivity contribution in [1.82, 2.24) is 0 Å². The zero-order valence-electron chi connectivity index (χ0n) is 15.9. The molecule has 5 nitrogen and oxygen atoms in total. The lowest BCUT2D eigenvalue weighted by Gasteiger charge is -2.08. The van der Waals surface area contributed by atoms with Crippen molar-refractivity contribution in [3.63, 3.8) is 0 Å². The maximum absolute atomic E-state index is 12.0. The molecular weight excluding hydrogens is 366 g/mol. The smallest absolute Gasteiger partial charge is 0.349 e. The summed E-state index contributed by atoms with van der Waals surface area (Å²) < 4.78 is 10.7. The molecule has 0 amide bonds. The fourth-order valence-corrected chi connectivity index (χ4v) is 2.70. The van der Waals surface area contributed by atoms with Crippen LogP contribution >= 0.6 is 0 Å². The van der Waals surface area contributed by atoms with Crippen LogP contribution in [0, 0.1) is 11.3 Å². The number of ketones is 1. The van der Waals surface area contributed by atoms with E-state index in [4.69, 9.17) is 14.7 Å². The molecule has 0 fully saturated rings. The second-order valence-electron chi connectivity index (χ2n) is 6.28. The highest BCUT2D eigenvalue weighted by Crippen LogP contribution is 2.23. The molecule has 0 aliphatic rings. The Balaban J connectivity index is 1.54. The van der Waals surface area contributed by atoms with E-state index >= 15 is 0 Å². The van der Waals surface area contributed by atoms with Gasteiger partial charge in [-0.1, -0.05) is 31.2 Å². The highest BCUT2D eigenvalue weighted by molar-refractivity contribution is 5.95. The first-order valence-corrected chi connectivity index (χ1v) is 9.16. The van der Waals surface area contributed by atoms with E-state index in [1.165, 1.54) is 0 Å². The largest absolute Gasteiger partial charge is 0.482 e. The summed E-state index contributed by atoms with van der Waals surface area (Å²) >= 11 is 0. The number of rotatable bonds is 7. The number of benzene rings is 3. The Labute approximate surface area is 169 Å². The van der Waals surface area contributed by atoms with E-state index in [-0.39, 0.29) is 12.4 Å². The van der Waals surface area contributed by atoms with Crippen LogP contribution in [0.5, 0.6) is 11.5 Å². The normalized spacial score (nSPS) is 10.1. The Morgan fingerprint density at radius 1 is 0.828 bits per heavy atom. The highest BCUT2D eigenvalue weighted by atomic mass is 16.6. The Kier molecular flexibility index (Phi) is 6.39. The summed E-state index contributed by atoms with van der Waals surface area (Å²) in [5, 5.41) is 8.86. The predicted octanol–water partition coefficient (Wildman–Crippen LogP) is 4.80. The maximum Gasteiger partial charge on any atom is 0.349 e. The molecule has 0 aliphatic heterocycles. The van der Waals surface area contributed by atoms with E-state index < -0.39 is 5.97 Å². The number of nitriles is 1. The van der Waals surface area contributed by atoms with Gasteiger partial charge in [-0.15, -0.1) is 0 Å². The van der Waals surface area contributed by atoms with E-state index in [2.05, 4.69) is 6.07 Å². The van der Waals surface area contributed by atoms with Gasteiger partial charge in [-0.3, -0.25) is 4.79 Å². The Morgan fingerprint density at radius 3 is 1.93 bits per heavy atom. The van der Waals surface area contributed by atoms with Gasteiger partial charge in [0.2, 0.25) is 0 Å². The van der Waals surface area contributed by atoms with Crippen LogP contribution in [0.3, 0.4) is 0 Å². The first kappa shape index (κ1) is 19.8. The van der Waals surface area contributed by atoms with Gasteiger partial charge in [-0.2, -0.15) is 5.26 Å². The summed E-state index contributed by atoms with van der Waals surface area (Å²) in [5.74, 6) is 0.441. The first-order valence-electron chi connectivity index (χ1n) is 9.16. The van der Waals surface area contributed by atoms with Gasteiger partial charge < -0.3 is 9.47 Å². The molecule has 0 heterocycles. The second-order valence-corrected chi connectivity index (χ2v) is 6.28. The summed E-state index contributed by atoms with van der Waals surface area (Å²) in [5.41, 5.74) is 3.14. The second kappa shape index (κ2) is 9.34.